The van der Waals surface area contributed by atoms with Crippen LogP contribution in [0.4, 0.5) is 5.82 Å². The summed E-state index contributed by atoms with van der Waals surface area (Å²) in [6, 6.07) is 8.14. The van der Waals surface area contributed by atoms with Gasteiger partial charge in [0.15, 0.2) is 0 Å². The molecule has 8 heteroatoms. The van der Waals surface area contributed by atoms with E-state index in [1.807, 2.05) is 52.6 Å². The highest BCUT2D eigenvalue weighted by atomic mass is 16.5. The first-order chi connectivity index (χ1) is 16.9. The molecule has 3 atom stereocenters. The minimum absolute atomic E-state index is 0.0320. The van der Waals surface area contributed by atoms with E-state index in [2.05, 4.69) is 4.98 Å². The van der Waals surface area contributed by atoms with Crippen molar-refractivity contribution in [2.24, 2.45) is 5.92 Å². The van der Waals surface area contributed by atoms with E-state index in [9.17, 15) is 9.90 Å². The Hall–Kier alpha value is -3.23. The van der Waals surface area contributed by atoms with Gasteiger partial charge in [-0.2, -0.15) is 0 Å². The molecule has 8 nitrogen and oxygen atoms in total. The lowest BCUT2D eigenvalue weighted by atomic mass is 9.72. The fraction of sp³-hybridized carbons (Fsp3) is 0.444. The first-order valence-corrected chi connectivity index (χ1v) is 12.5. The number of hydrogen-bond donors (Lipinski definition) is 2. The Bertz CT molecular complexity index is 1530. The molecule has 3 aromatic heterocycles. The van der Waals surface area contributed by atoms with E-state index in [4.69, 9.17) is 15.5 Å². The highest BCUT2D eigenvalue weighted by molar-refractivity contribution is 5.91. The summed E-state index contributed by atoms with van der Waals surface area (Å²) < 4.78 is 9.79. The third-order valence-corrected chi connectivity index (χ3v) is 8.35. The van der Waals surface area contributed by atoms with E-state index >= 15 is 0 Å². The van der Waals surface area contributed by atoms with E-state index in [0.717, 1.165) is 53.9 Å². The summed E-state index contributed by atoms with van der Waals surface area (Å²) in [6.07, 6.45) is 10.2. The number of benzene rings is 1. The van der Waals surface area contributed by atoms with Crippen LogP contribution in [0.25, 0.3) is 27.5 Å². The number of ether oxygens (including phenoxy) is 1. The fourth-order valence-corrected chi connectivity index (χ4v) is 6.58. The maximum Gasteiger partial charge on any atom is 0.258 e. The molecule has 0 spiro atoms. The van der Waals surface area contributed by atoms with Crippen molar-refractivity contribution in [1.82, 2.24) is 18.9 Å². The second-order valence-corrected chi connectivity index (χ2v) is 10.9. The topological polar surface area (TPSA) is 108 Å². The van der Waals surface area contributed by atoms with Crippen LogP contribution in [-0.2, 0) is 4.74 Å². The number of nitrogens with two attached hydrogens (primary N) is 1. The van der Waals surface area contributed by atoms with Crippen LogP contribution in [0, 0.1) is 5.92 Å². The van der Waals surface area contributed by atoms with Gasteiger partial charge in [0.05, 0.1) is 18.3 Å². The number of anilines is 1. The average Bonchev–Trinajstić information content (AvgIpc) is 3.40. The molecule has 4 heterocycles. The molecule has 0 amide bonds. The Labute approximate surface area is 202 Å². The van der Waals surface area contributed by atoms with Gasteiger partial charge in [-0.25, -0.2) is 9.97 Å². The molecule has 0 radical (unpaired) electrons. The maximum absolute atomic E-state index is 13.7. The molecule has 7 rings (SSSR count). The average molecular weight is 472 g/mol. The molecule has 180 valence electrons. The highest BCUT2D eigenvalue weighted by Gasteiger charge is 2.42. The number of aromatic nitrogens is 4. The van der Waals surface area contributed by atoms with Crippen LogP contribution in [0.15, 0.2) is 47.7 Å². The van der Waals surface area contributed by atoms with Gasteiger partial charge >= 0.3 is 0 Å². The summed E-state index contributed by atoms with van der Waals surface area (Å²) in [5, 5.41) is 11.9. The number of nitrogen functional groups attached to an aromatic ring is 1. The third-order valence-electron chi connectivity index (χ3n) is 8.35. The van der Waals surface area contributed by atoms with Gasteiger partial charge in [-0.3, -0.25) is 9.20 Å². The highest BCUT2D eigenvalue weighted by Crippen LogP contribution is 2.45. The van der Waals surface area contributed by atoms with Crippen LogP contribution in [0.2, 0.25) is 0 Å². The number of nitrogens with zero attached hydrogens (tertiary/aromatic N) is 4. The molecule has 4 aromatic rings. The van der Waals surface area contributed by atoms with Gasteiger partial charge in [0.1, 0.15) is 22.9 Å². The van der Waals surface area contributed by atoms with Crippen molar-refractivity contribution < 1.29 is 9.84 Å². The van der Waals surface area contributed by atoms with Gasteiger partial charge < -0.3 is 20.1 Å². The van der Waals surface area contributed by atoms with Crippen molar-refractivity contribution in [3.63, 3.8) is 0 Å². The smallest absolute Gasteiger partial charge is 0.258 e. The number of aliphatic hydroxyl groups is 1. The molecule has 2 bridgehead atoms. The Balaban J connectivity index is 1.36. The Kier molecular flexibility index (Phi) is 4.45. The second kappa shape index (κ2) is 7.38. The molecular weight excluding hydrogens is 442 g/mol. The van der Waals surface area contributed by atoms with Gasteiger partial charge in [0.2, 0.25) is 0 Å². The van der Waals surface area contributed by atoms with E-state index < -0.39 is 5.60 Å². The van der Waals surface area contributed by atoms with Crippen LogP contribution in [-0.4, -0.2) is 42.4 Å². The van der Waals surface area contributed by atoms with Gasteiger partial charge in [-0.1, -0.05) is 12.1 Å². The lowest BCUT2D eigenvalue weighted by Gasteiger charge is -2.40. The largest absolute Gasteiger partial charge is 0.390 e. The Morgan fingerprint density at radius 3 is 2.89 bits per heavy atom. The molecule has 1 saturated heterocycles. The second-order valence-electron chi connectivity index (χ2n) is 10.9. The monoisotopic (exact) mass is 471 g/mol. The third kappa shape index (κ3) is 3.23. The zero-order chi connectivity index (χ0) is 23.9. The number of fused-ring (bicyclic) bond motifs is 4. The molecule has 3 N–H and O–H groups in total. The number of rotatable bonds is 3. The molecule has 3 fully saturated rings. The Morgan fingerprint density at radius 2 is 2.06 bits per heavy atom. The molecule has 1 aromatic carbocycles. The number of imidazole rings is 1. The maximum atomic E-state index is 13.7. The summed E-state index contributed by atoms with van der Waals surface area (Å²) in [6.45, 7) is 2.60. The molecule has 1 aliphatic heterocycles. The van der Waals surface area contributed by atoms with Crippen LogP contribution >= 0.6 is 0 Å². The van der Waals surface area contributed by atoms with Crippen molar-refractivity contribution in [2.75, 3.05) is 12.3 Å². The SMILES string of the molecule is CC1(O)CC(c2nc(-c3ccc4ccn([C@H]5CC[C@@H]6C[C@H]5CO6)c(=O)c4c3)c3c(N)nccn23)C1. The van der Waals surface area contributed by atoms with E-state index in [-0.39, 0.29) is 17.5 Å². The van der Waals surface area contributed by atoms with Crippen LogP contribution in [0.3, 0.4) is 0 Å². The predicted molar refractivity (Wildman–Crippen MR) is 133 cm³/mol. The summed E-state index contributed by atoms with van der Waals surface area (Å²) in [5.41, 5.74) is 8.00. The summed E-state index contributed by atoms with van der Waals surface area (Å²) >= 11 is 0. The minimum atomic E-state index is -0.660. The van der Waals surface area contributed by atoms with Gasteiger partial charge in [-0.15, -0.1) is 0 Å². The van der Waals surface area contributed by atoms with Crippen molar-refractivity contribution >= 4 is 22.1 Å². The Morgan fingerprint density at radius 1 is 1.20 bits per heavy atom. The lowest BCUT2D eigenvalue weighted by molar-refractivity contribution is -0.0335. The van der Waals surface area contributed by atoms with Crippen LogP contribution in [0.1, 0.15) is 56.8 Å². The van der Waals surface area contributed by atoms with Crippen molar-refractivity contribution in [1.29, 1.82) is 0 Å². The molecule has 2 saturated carbocycles. The lowest BCUT2D eigenvalue weighted by Crippen LogP contribution is -2.40. The zero-order valence-corrected chi connectivity index (χ0v) is 19.7. The van der Waals surface area contributed by atoms with Crippen molar-refractivity contribution in [2.45, 2.75) is 62.7 Å². The quantitative estimate of drug-likeness (QED) is 0.472. The molecular formula is C27H29N5O3. The van der Waals surface area contributed by atoms with Gasteiger partial charge in [-0.05, 0) is 56.5 Å². The fourth-order valence-electron chi connectivity index (χ4n) is 6.58. The minimum Gasteiger partial charge on any atom is -0.390 e. The number of hydrogen-bond acceptors (Lipinski definition) is 6. The molecule has 0 unspecified atom stereocenters. The zero-order valence-electron chi connectivity index (χ0n) is 19.7. The summed E-state index contributed by atoms with van der Waals surface area (Å²) in [5.74, 6) is 1.82. The van der Waals surface area contributed by atoms with E-state index in [0.29, 0.717) is 36.1 Å². The number of pyridine rings is 1. The van der Waals surface area contributed by atoms with Gasteiger partial charge in [0, 0.05) is 47.4 Å². The summed E-state index contributed by atoms with van der Waals surface area (Å²) in [4.78, 5) is 23.0. The van der Waals surface area contributed by atoms with Crippen molar-refractivity contribution in [3.8, 4) is 11.3 Å². The van der Waals surface area contributed by atoms with E-state index in [1.54, 1.807) is 6.20 Å². The summed E-state index contributed by atoms with van der Waals surface area (Å²) in [7, 11) is 0. The molecule has 2 aliphatic carbocycles. The standard InChI is InChI=1S/C27H29N5O3/c1-27(34)12-18(13-27)25-30-22(23-24(28)29-7-9-32(23)25)16-3-2-15-6-8-31(26(33)20(15)11-16)21-5-4-19-10-17(21)14-35-19/h2-3,6-9,11,17-19,21,34H,4-5,10,12-14H2,1H3,(H2,28,29)/t17-,18?,19+,21-,27?/m0/s1. The predicted octanol–water partition coefficient (Wildman–Crippen LogP) is 3.66. The normalized spacial score (nSPS) is 30.1. The van der Waals surface area contributed by atoms with Crippen LogP contribution < -0.4 is 11.3 Å². The first-order valence-electron chi connectivity index (χ1n) is 12.5. The first kappa shape index (κ1) is 21.1. The molecule has 35 heavy (non-hydrogen) atoms. The van der Waals surface area contributed by atoms with Gasteiger partial charge in [0.25, 0.3) is 5.56 Å². The van der Waals surface area contributed by atoms with Crippen LogP contribution in [0.5, 0.6) is 0 Å². The van der Waals surface area contributed by atoms with Crippen molar-refractivity contribution in [3.05, 3.63) is 59.0 Å². The molecule has 3 aliphatic rings. The van der Waals surface area contributed by atoms with E-state index in [1.165, 1.54) is 0 Å².